The third-order valence-corrected chi connectivity index (χ3v) is 4.86. The van der Waals surface area contributed by atoms with Crippen molar-refractivity contribution in [3.63, 3.8) is 0 Å². The van der Waals surface area contributed by atoms with Crippen LogP contribution in [-0.2, 0) is 16.0 Å². The van der Waals surface area contributed by atoms with Gasteiger partial charge in [-0.1, -0.05) is 42.5 Å². The van der Waals surface area contributed by atoms with Gasteiger partial charge in [-0.3, -0.25) is 14.4 Å². The predicted molar refractivity (Wildman–Crippen MR) is 105 cm³/mol. The first kappa shape index (κ1) is 18.8. The van der Waals surface area contributed by atoms with Crippen molar-refractivity contribution in [2.75, 3.05) is 18.4 Å². The average molecular weight is 364 g/mol. The molecule has 27 heavy (non-hydrogen) atoms. The molecule has 0 spiro atoms. The first-order valence-electron chi connectivity index (χ1n) is 9.26. The molecule has 140 valence electrons. The summed E-state index contributed by atoms with van der Waals surface area (Å²) >= 11 is 0. The molecule has 5 heteroatoms. The molecule has 1 fully saturated rings. The van der Waals surface area contributed by atoms with Gasteiger partial charge in [-0.05, 0) is 37.5 Å². The van der Waals surface area contributed by atoms with Crippen LogP contribution < -0.4 is 5.32 Å². The Hall–Kier alpha value is -2.95. The van der Waals surface area contributed by atoms with E-state index in [2.05, 4.69) is 17.4 Å². The molecule has 1 unspecified atom stereocenters. The van der Waals surface area contributed by atoms with E-state index >= 15 is 0 Å². The Morgan fingerprint density at radius 3 is 2.63 bits per heavy atom. The van der Waals surface area contributed by atoms with E-state index in [0.717, 1.165) is 12.8 Å². The topological polar surface area (TPSA) is 66.5 Å². The van der Waals surface area contributed by atoms with E-state index < -0.39 is 0 Å². The molecule has 5 nitrogen and oxygen atoms in total. The number of likely N-dealkylation sites (tertiary alicyclic amines) is 1. The minimum Gasteiger partial charge on any atom is -0.342 e. The van der Waals surface area contributed by atoms with E-state index in [1.165, 1.54) is 12.5 Å². The van der Waals surface area contributed by atoms with Gasteiger partial charge >= 0.3 is 0 Å². The lowest BCUT2D eigenvalue weighted by molar-refractivity contribution is -0.128. The Balaban J connectivity index is 1.51. The number of ketones is 1. The minimum atomic E-state index is -0.352. The molecule has 1 aliphatic rings. The Labute approximate surface area is 159 Å². The Bertz CT molecular complexity index is 832. The Morgan fingerprint density at radius 1 is 1.11 bits per heavy atom. The van der Waals surface area contributed by atoms with Gasteiger partial charge in [0.2, 0.25) is 11.8 Å². The molecule has 1 saturated heterocycles. The number of anilines is 1. The Kier molecular flexibility index (Phi) is 6.01. The van der Waals surface area contributed by atoms with Crippen molar-refractivity contribution in [3.05, 3.63) is 65.7 Å². The second kappa shape index (κ2) is 8.62. The van der Waals surface area contributed by atoms with E-state index in [-0.39, 0.29) is 29.9 Å². The molecule has 0 bridgehead atoms. The standard InChI is InChI=1S/C22H24N2O3/c1-16(25)18-10-5-11-20(13-18)23-22(27)19-14-21(26)24(15-19)12-6-9-17-7-3-2-4-8-17/h2-5,7-8,10-11,13,19H,6,9,12,14-15H2,1H3,(H,23,27). The van der Waals surface area contributed by atoms with Gasteiger partial charge in [-0.2, -0.15) is 0 Å². The molecular formula is C22H24N2O3. The normalized spacial score (nSPS) is 16.4. The van der Waals surface area contributed by atoms with Crippen LogP contribution in [0.5, 0.6) is 0 Å². The van der Waals surface area contributed by atoms with Crippen molar-refractivity contribution in [1.82, 2.24) is 4.90 Å². The third-order valence-electron chi connectivity index (χ3n) is 4.86. The molecule has 3 rings (SSSR count). The molecule has 0 aliphatic carbocycles. The summed E-state index contributed by atoms with van der Waals surface area (Å²) in [5.74, 6) is -0.544. The number of Topliss-reactive ketones (excluding diaryl/α,β-unsaturated/α-hetero) is 1. The highest BCUT2D eigenvalue weighted by atomic mass is 16.2. The number of aryl methyl sites for hydroxylation is 1. The zero-order chi connectivity index (χ0) is 19.2. The fourth-order valence-corrected chi connectivity index (χ4v) is 3.34. The number of benzene rings is 2. The van der Waals surface area contributed by atoms with Crippen LogP contribution in [0, 0.1) is 5.92 Å². The monoisotopic (exact) mass is 364 g/mol. The van der Waals surface area contributed by atoms with Gasteiger partial charge in [0.15, 0.2) is 5.78 Å². The predicted octanol–water partition coefficient (Wildman–Crippen LogP) is 3.31. The highest BCUT2D eigenvalue weighted by Gasteiger charge is 2.33. The van der Waals surface area contributed by atoms with Gasteiger partial charge in [-0.25, -0.2) is 0 Å². The summed E-state index contributed by atoms with van der Waals surface area (Å²) in [6.07, 6.45) is 2.04. The van der Waals surface area contributed by atoms with Crippen LogP contribution in [0.3, 0.4) is 0 Å². The third kappa shape index (κ3) is 5.03. The molecule has 0 radical (unpaired) electrons. The number of hydrogen-bond donors (Lipinski definition) is 1. The summed E-state index contributed by atoms with van der Waals surface area (Å²) in [5, 5.41) is 2.83. The largest absolute Gasteiger partial charge is 0.342 e. The summed E-state index contributed by atoms with van der Waals surface area (Å²) in [6, 6.07) is 17.0. The number of nitrogens with one attached hydrogen (secondary N) is 1. The number of nitrogens with zero attached hydrogens (tertiary/aromatic N) is 1. The van der Waals surface area contributed by atoms with Gasteiger partial charge in [0.05, 0.1) is 5.92 Å². The molecular weight excluding hydrogens is 340 g/mol. The minimum absolute atomic E-state index is 0.0284. The molecule has 1 N–H and O–H groups in total. The van der Waals surface area contributed by atoms with Crippen molar-refractivity contribution < 1.29 is 14.4 Å². The highest BCUT2D eigenvalue weighted by Crippen LogP contribution is 2.21. The van der Waals surface area contributed by atoms with Crippen LogP contribution >= 0.6 is 0 Å². The number of carbonyl (C=O) groups is 3. The number of carbonyl (C=O) groups excluding carboxylic acids is 3. The zero-order valence-corrected chi connectivity index (χ0v) is 15.5. The summed E-state index contributed by atoms with van der Waals surface area (Å²) in [6.45, 7) is 2.60. The van der Waals surface area contributed by atoms with Crippen LogP contribution in [0.4, 0.5) is 5.69 Å². The Morgan fingerprint density at radius 2 is 1.89 bits per heavy atom. The lowest BCUT2D eigenvalue weighted by Gasteiger charge is -2.16. The van der Waals surface area contributed by atoms with Crippen molar-refractivity contribution in [1.29, 1.82) is 0 Å². The summed E-state index contributed by atoms with van der Waals surface area (Å²) < 4.78 is 0. The fourth-order valence-electron chi connectivity index (χ4n) is 3.34. The second-order valence-electron chi connectivity index (χ2n) is 6.96. The maximum absolute atomic E-state index is 12.5. The van der Waals surface area contributed by atoms with Crippen molar-refractivity contribution in [3.8, 4) is 0 Å². The molecule has 0 aromatic heterocycles. The van der Waals surface area contributed by atoms with Gasteiger partial charge in [0.25, 0.3) is 0 Å². The molecule has 0 saturated carbocycles. The van der Waals surface area contributed by atoms with Crippen molar-refractivity contribution >= 4 is 23.3 Å². The van der Waals surface area contributed by atoms with Crippen LogP contribution in [0.25, 0.3) is 0 Å². The molecule has 2 aromatic rings. The molecule has 2 aromatic carbocycles. The zero-order valence-electron chi connectivity index (χ0n) is 15.5. The van der Waals surface area contributed by atoms with E-state index in [9.17, 15) is 14.4 Å². The van der Waals surface area contributed by atoms with Crippen LogP contribution in [0.2, 0.25) is 0 Å². The van der Waals surface area contributed by atoms with Crippen molar-refractivity contribution in [2.45, 2.75) is 26.2 Å². The first-order chi connectivity index (χ1) is 13.0. The molecule has 2 amide bonds. The van der Waals surface area contributed by atoms with Gasteiger partial charge in [-0.15, -0.1) is 0 Å². The summed E-state index contributed by atoms with van der Waals surface area (Å²) in [4.78, 5) is 38.0. The summed E-state index contributed by atoms with van der Waals surface area (Å²) in [5.41, 5.74) is 2.39. The van der Waals surface area contributed by atoms with E-state index in [0.29, 0.717) is 24.3 Å². The maximum Gasteiger partial charge on any atom is 0.229 e. The highest BCUT2D eigenvalue weighted by molar-refractivity contribution is 5.99. The van der Waals surface area contributed by atoms with Crippen LogP contribution in [0.1, 0.15) is 35.7 Å². The quantitative estimate of drug-likeness (QED) is 0.767. The SMILES string of the molecule is CC(=O)c1cccc(NC(=O)C2CC(=O)N(CCCc3ccccc3)C2)c1. The first-order valence-corrected chi connectivity index (χ1v) is 9.26. The second-order valence-corrected chi connectivity index (χ2v) is 6.96. The smallest absolute Gasteiger partial charge is 0.229 e. The van der Waals surface area contributed by atoms with Crippen LogP contribution in [-0.4, -0.2) is 35.6 Å². The molecule has 1 heterocycles. The van der Waals surface area contributed by atoms with Gasteiger partial charge in [0.1, 0.15) is 0 Å². The van der Waals surface area contributed by atoms with Gasteiger partial charge in [0, 0.05) is 30.8 Å². The number of rotatable bonds is 7. The number of hydrogen-bond acceptors (Lipinski definition) is 3. The van der Waals surface area contributed by atoms with E-state index in [1.807, 2.05) is 18.2 Å². The van der Waals surface area contributed by atoms with E-state index in [1.54, 1.807) is 29.2 Å². The van der Waals surface area contributed by atoms with E-state index in [4.69, 9.17) is 0 Å². The molecule has 1 aliphatic heterocycles. The summed E-state index contributed by atoms with van der Waals surface area (Å²) in [7, 11) is 0. The molecule has 1 atom stereocenters. The average Bonchev–Trinajstić information content (AvgIpc) is 3.04. The number of amides is 2. The lowest BCUT2D eigenvalue weighted by atomic mass is 10.1. The maximum atomic E-state index is 12.5. The van der Waals surface area contributed by atoms with Crippen LogP contribution in [0.15, 0.2) is 54.6 Å². The van der Waals surface area contributed by atoms with Gasteiger partial charge < -0.3 is 10.2 Å². The fraction of sp³-hybridized carbons (Fsp3) is 0.318. The lowest BCUT2D eigenvalue weighted by Crippen LogP contribution is -2.29. The van der Waals surface area contributed by atoms with Crippen molar-refractivity contribution in [2.24, 2.45) is 5.92 Å².